The molecule has 0 unspecified atom stereocenters. The zero-order chi connectivity index (χ0) is 9.26. The minimum absolute atomic E-state index is 0.288. The van der Waals surface area contributed by atoms with Gasteiger partial charge in [-0.25, -0.2) is 0 Å². The Labute approximate surface area is 83.3 Å². The van der Waals surface area contributed by atoms with E-state index in [-0.39, 0.29) is 5.75 Å². The van der Waals surface area contributed by atoms with Gasteiger partial charge in [-0.2, -0.15) is 5.26 Å². The van der Waals surface area contributed by atoms with E-state index in [4.69, 9.17) is 5.26 Å². The van der Waals surface area contributed by atoms with Crippen molar-refractivity contribution in [3.05, 3.63) is 28.5 Å². The first-order valence-corrected chi connectivity index (χ1v) is 5.32. The van der Waals surface area contributed by atoms with Crippen molar-refractivity contribution in [3.8, 4) is 21.6 Å². The topological polar surface area (TPSA) is 44.0 Å². The van der Waals surface area contributed by atoms with Crippen molar-refractivity contribution in [3.63, 3.8) is 0 Å². The van der Waals surface area contributed by atoms with Gasteiger partial charge in [-0.15, -0.1) is 22.7 Å². The molecule has 0 saturated heterocycles. The average molecular weight is 207 g/mol. The molecule has 0 atom stereocenters. The highest BCUT2D eigenvalue weighted by Crippen LogP contribution is 2.37. The Hall–Kier alpha value is -1.31. The van der Waals surface area contributed by atoms with Crippen LogP contribution in [0.15, 0.2) is 22.9 Å². The van der Waals surface area contributed by atoms with Gasteiger partial charge in [0.05, 0.1) is 10.4 Å². The maximum atomic E-state index is 9.42. The predicted molar refractivity (Wildman–Crippen MR) is 54.0 cm³/mol. The van der Waals surface area contributed by atoms with Crippen LogP contribution in [0.2, 0.25) is 0 Å². The Balaban J connectivity index is 2.48. The fraction of sp³-hybridized carbons (Fsp3) is 0. The molecule has 64 valence electrons. The van der Waals surface area contributed by atoms with Gasteiger partial charge in [0.15, 0.2) is 0 Å². The lowest BCUT2D eigenvalue weighted by Gasteiger charge is -1.90. The van der Waals surface area contributed by atoms with Gasteiger partial charge in [0, 0.05) is 10.3 Å². The molecule has 4 heteroatoms. The van der Waals surface area contributed by atoms with Gasteiger partial charge in [0.2, 0.25) is 0 Å². The van der Waals surface area contributed by atoms with Crippen molar-refractivity contribution >= 4 is 22.7 Å². The van der Waals surface area contributed by atoms with Crippen LogP contribution in [0.1, 0.15) is 5.56 Å². The quantitative estimate of drug-likeness (QED) is 0.781. The molecule has 0 aromatic carbocycles. The summed E-state index contributed by atoms with van der Waals surface area (Å²) < 4.78 is 0. The summed E-state index contributed by atoms with van der Waals surface area (Å²) in [5, 5.41) is 21.7. The van der Waals surface area contributed by atoms with Crippen LogP contribution in [0, 0.1) is 11.3 Å². The third kappa shape index (κ3) is 1.44. The van der Waals surface area contributed by atoms with E-state index >= 15 is 0 Å². The van der Waals surface area contributed by atoms with E-state index in [1.54, 1.807) is 17.5 Å². The zero-order valence-corrected chi connectivity index (χ0v) is 8.15. The Bertz CT molecular complexity index is 464. The lowest BCUT2D eigenvalue weighted by molar-refractivity contribution is 0.480. The van der Waals surface area contributed by atoms with Crippen LogP contribution in [0.3, 0.4) is 0 Å². The van der Waals surface area contributed by atoms with E-state index in [2.05, 4.69) is 6.07 Å². The molecular weight excluding hydrogens is 202 g/mol. The van der Waals surface area contributed by atoms with Crippen LogP contribution in [0.25, 0.3) is 9.75 Å². The number of hydrogen-bond acceptors (Lipinski definition) is 4. The third-order valence-electron chi connectivity index (χ3n) is 1.60. The zero-order valence-electron chi connectivity index (χ0n) is 6.52. The van der Waals surface area contributed by atoms with Gasteiger partial charge in [-0.05, 0) is 17.5 Å². The first-order chi connectivity index (χ1) is 6.31. The third-order valence-corrected chi connectivity index (χ3v) is 3.61. The smallest absolute Gasteiger partial charge is 0.134 e. The van der Waals surface area contributed by atoms with E-state index in [0.29, 0.717) is 5.56 Å². The largest absolute Gasteiger partial charge is 0.506 e. The fourth-order valence-electron chi connectivity index (χ4n) is 1.00. The summed E-state index contributed by atoms with van der Waals surface area (Å²) in [7, 11) is 0. The predicted octanol–water partition coefficient (Wildman–Crippen LogP) is 3.05. The highest BCUT2D eigenvalue weighted by Gasteiger charge is 2.07. The minimum atomic E-state index is 0.288. The average Bonchev–Trinajstić information content (AvgIpc) is 2.71. The summed E-state index contributed by atoms with van der Waals surface area (Å²) in [6, 6.07) is 5.51. The second-order valence-corrected chi connectivity index (χ2v) is 4.27. The molecule has 2 aromatic heterocycles. The van der Waals surface area contributed by atoms with Crippen molar-refractivity contribution in [2.45, 2.75) is 0 Å². The summed E-state index contributed by atoms with van der Waals surface area (Å²) in [5.41, 5.74) is 0.646. The molecule has 0 aliphatic heterocycles. The molecule has 0 bridgehead atoms. The number of aromatic hydroxyl groups is 1. The van der Waals surface area contributed by atoms with Crippen LogP contribution in [-0.4, -0.2) is 5.11 Å². The number of nitriles is 1. The Morgan fingerprint density at radius 3 is 2.77 bits per heavy atom. The fourth-order valence-corrected chi connectivity index (χ4v) is 2.77. The molecule has 2 aromatic rings. The first kappa shape index (κ1) is 8.30. The van der Waals surface area contributed by atoms with Crippen molar-refractivity contribution in [1.82, 2.24) is 0 Å². The minimum Gasteiger partial charge on any atom is -0.506 e. The van der Waals surface area contributed by atoms with Crippen molar-refractivity contribution in [1.29, 1.82) is 5.26 Å². The van der Waals surface area contributed by atoms with Crippen molar-refractivity contribution < 1.29 is 5.11 Å². The van der Waals surface area contributed by atoms with Gasteiger partial charge >= 0.3 is 0 Å². The molecule has 2 rings (SSSR count). The van der Waals surface area contributed by atoms with E-state index in [1.165, 1.54) is 22.7 Å². The van der Waals surface area contributed by atoms with Crippen LogP contribution in [0.5, 0.6) is 5.75 Å². The molecule has 2 heterocycles. The normalized spacial score (nSPS) is 9.77. The van der Waals surface area contributed by atoms with Crippen LogP contribution in [-0.2, 0) is 0 Å². The Kier molecular flexibility index (Phi) is 2.05. The highest BCUT2D eigenvalue weighted by molar-refractivity contribution is 7.20. The number of hydrogen-bond donors (Lipinski definition) is 1. The monoisotopic (exact) mass is 207 g/mol. The van der Waals surface area contributed by atoms with Crippen LogP contribution < -0.4 is 0 Å². The maximum absolute atomic E-state index is 9.42. The number of nitrogens with zero attached hydrogens (tertiary/aromatic N) is 1. The molecule has 0 aliphatic carbocycles. The van der Waals surface area contributed by atoms with E-state index in [9.17, 15) is 5.11 Å². The summed E-state index contributed by atoms with van der Waals surface area (Å²) in [5.74, 6) is 0.288. The second-order valence-electron chi connectivity index (χ2n) is 2.45. The number of thiophene rings is 2. The molecule has 1 N–H and O–H groups in total. The molecule has 0 amide bonds. The van der Waals surface area contributed by atoms with Gasteiger partial charge in [-0.3, -0.25) is 0 Å². The molecule has 13 heavy (non-hydrogen) atoms. The van der Waals surface area contributed by atoms with Gasteiger partial charge in [-0.1, -0.05) is 0 Å². The van der Waals surface area contributed by atoms with E-state index < -0.39 is 0 Å². The van der Waals surface area contributed by atoms with Crippen molar-refractivity contribution in [2.24, 2.45) is 0 Å². The molecule has 0 fully saturated rings. The van der Waals surface area contributed by atoms with Gasteiger partial charge in [0.1, 0.15) is 11.8 Å². The lowest BCUT2D eigenvalue weighted by atomic mass is 10.3. The highest BCUT2D eigenvalue weighted by atomic mass is 32.1. The SMILES string of the molecule is N#Cc1csc(-c2sccc2O)c1. The molecule has 0 radical (unpaired) electrons. The summed E-state index contributed by atoms with van der Waals surface area (Å²) in [6.45, 7) is 0. The van der Waals surface area contributed by atoms with Gasteiger partial charge in [0.25, 0.3) is 0 Å². The first-order valence-electron chi connectivity index (χ1n) is 3.56. The van der Waals surface area contributed by atoms with Crippen molar-refractivity contribution in [2.75, 3.05) is 0 Å². The molecule has 0 spiro atoms. The summed E-state index contributed by atoms with van der Waals surface area (Å²) in [6.07, 6.45) is 0. The molecule has 0 saturated carbocycles. The van der Waals surface area contributed by atoms with Gasteiger partial charge < -0.3 is 5.11 Å². The maximum Gasteiger partial charge on any atom is 0.134 e. The Morgan fingerprint density at radius 1 is 1.38 bits per heavy atom. The summed E-state index contributed by atoms with van der Waals surface area (Å²) >= 11 is 2.95. The number of rotatable bonds is 1. The molecule has 0 aliphatic rings. The van der Waals surface area contributed by atoms with E-state index in [0.717, 1.165) is 9.75 Å². The summed E-state index contributed by atoms with van der Waals surface area (Å²) in [4.78, 5) is 1.79. The van der Waals surface area contributed by atoms with Crippen LogP contribution >= 0.6 is 22.7 Å². The van der Waals surface area contributed by atoms with E-state index in [1.807, 2.05) is 5.38 Å². The standard InChI is InChI=1S/C9H5NOS2/c10-4-6-3-8(13-5-6)9-7(11)1-2-12-9/h1-3,5,11H. The second kappa shape index (κ2) is 3.21. The Morgan fingerprint density at radius 2 is 2.23 bits per heavy atom. The molecular formula is C9H5NOS2. The van der Waals surface area contributed by atoms with Crippen LogP contribution in [0.4, 0.5) is 0 Å². The molecule has 2 nitrogen and oxygen atoms in total. The lowest BCUT2D eigenvalue weighted by Crippen LogP contribution is -1.64.